The molecule has 1 atom stereocenters. The van der Waals surface area contributed by atoms with Gasteiger partial charge in [0.1, 0.15) is 0 Å². The van der Waals surface area contributed by atoms with E-state index in [9.17, 15) is 5.11 Å². The normalized spacial score (nSPS) is 18.5. The van der Waals surface area contributed by atoms with Crippen molar-refractivity contribution < 1.29 is 5.11 Å². The van der Waals surface area contributed by atoms with Gasteiger partial charge in [0, 0.05) is 5.69 Å². The molecule has 0 spiro atoms. The van der Waals surface area contributed by atoms with Crippen molar-refractivity contribution in [3.8, 4) is 0 Å². The fraction of sp³-hybridized carbons (Fsp3) is 0.667. The van der Waals surface area contributed by atoms with Crippen LogP contribution in [0.25, 0.3) is 0 Å². The van der Waals surface area contributed by atoms with E-state index >= 15 is 0 Å². The molecule has 1 aliphatic rings. The van der Waals surface area contributed by atoms with Gasteiger partial charge in [-0.2, -0.15) is 0 Å². The van der Waals surface area contributed by atoms with Gasteiger partial charge in [-0.15, -0.1) is 0 Å². The molecule has 1 fully saturated rings. The van der Waals surface area contributed by atoms with E-state index in [4.69, 9.17) is 0 Å². The van der Waals surface area contributed by atoms with Crippen LogP contribution in [0.4, 0.5) is 0 Å². The van der Waals surface area contributed by atoms with Crippen molar-refractivity contribution in [1.82, 2.24) is 4.98 Å². The number of aromatic nitrogens is 1. The van der Waals surface area contributed by atoms with Crippen LogP contribution in [0.15, 0.2) is 12.1 Å². The molecule has 1 heterocycles. The van der Waals surface area contributed by atoms with Crippen LogP contribution < -0.4 is 0 Å². The summed E-state index contributed by atoms with van der Waals surface area (Å²) < 4.78 is 0. The first-order chi connectivity index (χ1) is 8.15. The summed E-state index contributed by atoms with van der Waals surface area (Å²) in [5.74, 6) is 0.843. The van der Waals surface area contributed by atoms with Crippen LogP contribution in [-0.4, -0.2) is 10.1 Å². The van der Waals surface area contributed by atoms with Crippen molar-refractivity contribution >= 4 is 0 Å². The lowest BCUT2D eigenvalue weighted by atomic mass is 9.98. The number of aliphatic hydroxyl groups excluding tert-OH is 1. The second kappa shape index (κ2) is 5.63. The fourth-order valence-corrected chi connectivity index (χ4v) is 2.88. The van der Waals surface area contributed by atoms with E-state index in [0.717, 1.165) is 30.1 Å². The molecule has 0 bridgehead atoms. The van der Waals surface area contributed by atoms with Crippen LogP contribution in [0, 0.1) is 19.8 Å². The van der Waals surface area contributed by atoms with Crippen molar-refractivity contribution in [1.29, 1.82) is 0 Å². The third-order valence-corrected chi connectivity index (χ3v) is 3.78. The maximum absolute atomic E-state index is 10.2. The Morgan fingerprint density at radius 3 is 2.65 bits per heavy atom. The van der Waals surface area contributed by atoms with Crippen molar-refractivity contribution in [2.75, 3.05) is 0 Å². The average molecular weight is 233 g/mol. The summed E-state index contributed by atoms with van der Waals surface area (Å²) in [4.78, 5) is 4.43. The predicted octanol–water partition coefficient (Wildman–Crippen LogP) is 3.70. The minimum absolute atomic E-state index is 0.380. The van der Waals surface area contributed by atoms with Crippen molar-refractivity contribution in [3.05, 3.63) is 29.1 Å². The molecule has 2 heteroatoms. The second-order valence-corrected chi connectivity index (χ2v) is 5.45. The van der Waals surface area contributed by atoms with Gasteiger partial charge in [0.15, 0.2) is 0 Å². The molecule has 1 aromatic heterocycles. The Labute approximate surface area is 104 Å². The molecular weight excluding hydrogens is 210 g/mol. The number of aryl methyl sites for hydroxylation is 2. The van der Waals surface area contributed by atoms with Crippen LogP contribution in [0.1, 0.15) is 61.6 Å². The standard InChI is InChI=1S/C15H23NO/c1-11-9-12(2)16-14(10-11)15(17)8-7-13-5-3-4-6-13/h9-10,13,15,17H,3-8H2,1-2H3. The SMILES string of the molecule is Cc1cc(C)nc(C(O)CCC2CCCC2)c1. The zero-order chi connectivity index (χ0) is 12.3. The van der Waals surface area contributed by atoms with E-state index in [1.54, 1.807) is 0 Å². The zero-order valence-corrected chi connectivity index (χ0v) is 10.9. The minimum Gasteiger partial charge on any atom is -0.387 e. The van der Waals surface area contributed by atoms with Gasteiger partial charge in [-0.05, 0) is 50.3 Å². The van der Waals surface area contributed by atoms with Crippen LogP contribution in [0.2, 0.25) is 0 Å². The average Bonchev–Trinajstić information content (AvgIpc) is 2.77. The molecule has 2 rings (SSSR count). The van der Waals surface area contributed by atoms with E-state index < -0.39 is 0 Å². The third kappa shape index (κ3) is 3.53. The lowest BCUT2D eigenvalue weighted by Crippen LogP contribution is -2.05. The molecule has 0 amide bonds. The zero-order valence-electron chi connectivity index (χ0n) is 10.9. The van der Waals surface area contributed by atoms with Gasteiger partial charge in [-0.25, -0.2) is 0 Å². The Bertz CT molecular complexity index is 349. The summed E-state index contributed by atoms with van der Waals surface area (Å²) in [5, 5.41) is 10.2. The number of aliphatic hydroxyl groups is 1. The van der Waals surface area contributed by atoms with Gasteiger partial charge in [0.2, 0.25) is 0 Å². The van der Waals surface area contributed by atoms with Gasteiger partial charge in [0.25, 0.3) is 0 Å². The number of hydrogen-bond acceptors (Lipinski definition) is 2. The Balaban J connectivity index is 1.91. The summed E-state index contributed by atoms with van der Waals surface area (Å²) in [6.45, 7) is 4.04. The maximum atomic E-state index is 10.2. The minimum atomic E-state index is -0.380. The van der Waals surface area contributed by atoms with E-state index in [2.05, 4.69) is 11.9 Å². The van der Waals surface area contributed by atoms with Gasteiger partial charge >= 0.3 is 0 Å². The molecule has 1 saturated carbocycles. The van der Waals surface area contributed by atoms with Crippen LogP contribution in [0.3, 0.4) is 0 Å². The number of rotatable bonds is 4. The van der Waals surface area contributed by atoms with Crippen LogP contribution >= 0.6 is 0 Å². The van der Waals surface area contributed by atoms with Crippen LogP contribution in [-0.2, 0) is 0 Å². The Kier molecular flexibility index (Phi) is 4.16. The van der Waals surface area contributed by atoms with Gasteiger partial charge in [0.05, 0.1) is 11.8 Å². The molecular formula is C15H23NO. The van der Waals surface area contributed by atoms with Crippen molar-refractivity contribution in [3.63, 3.8) is 0 Å². The van der Waals surface area contributed by atoms with Crippen LogP contribution in [0.5, 0.6) is 0 Å². The smallest absolute Gasteiger partial charge is 0.0960 e. The quantitative estimate of drug-likeness (QED) is 0.860. The van der Waals surface area contributed by atoms with Crippen molar-refractivity contribution in [2.24, 2.45) is 5.92 Å². The topological polar surface area (TPSA) is 33.1 Å². The Morgan fingerprint density at radius 2 is 2.00 bits per heavy atom. The molecule has 1 N–H and O–H groups in total. The summed E-state index contributed by atoms with van der Waals surface area (Å²) >= 11 is 0. The molecule has 1 aliphatic carbocycles. The molecule has 0 aromatic carbocycles. The largest absolute Gasteiger partial charge is 0.387 e. The van der Waals surface area contributed by atoms with Gasteiger partial charge in [-0.1, -0.05) is 25.7 Å². The molecule has 2 nitrogen and oxygen atoms in total. The third-order valence-electron chi connectivity index (χ3n) is 3.78. The highest BCUT2D eigenvalue weighted by Gasteiger charge is 2.17. The van der Waals surface area contributed by atoms with E-state index in [1.807, 2.05) is 19.1 Å². The molecule has 0 aliphatic heterocycles. The molecule has 1 unspecified atom stereocenters. The summed E-state index contributed by atoms with van der Waals surface area (Å²) in [5.41, 5.74) is 3.04. The highest BCUT2D eigenvalue weighted by molar-refractivity contribution is 5.20. The van der Waals surface area contributed by atoms with E-state index in [-0.39, 0.29) is 6.10 Å². The lowest BCUT2D eigenvalue weighted by Gasteiger charge is -2.14. The number of nitrogens with zero attached hydrogens (tertiary/aromatic N) is 1. The monoisotopic (exact) mass is 233 g/mol. The first kappa shape index (κ1) is 12.6. The summed E-state index contributed by atoms with van der Waals surface area (Å²) in [6, 6.07) is 4.06. The highest BCUT2D eigenvalue weighted by atomic mass is 16.3. The summed E-state index contributed by atoms with van der Waals surface area (Å²) in [6.07, 6.45) is 7.09. The van der Waals surface area contributed by atoms with E-state index in [0.29, 0.717) is 0 Å². The first-order valence-electron chi connectivity index (χ1n) is 6.78. The van der Waals surface area contributed by atoms with Gasteiger partial charge in [-0.3, -0.25) is 4.98 Å². The fourth-order valence-electron chi connectivity index (χ4n) is 2.88. The first-order valence-corrected chi connectivity index (χ1v) is 6.78. The molecule has 1 aromatic rings. The predicted molar refractivity (Wildman–Crippen MR) is 69.9 cm³/mol. The maximum Gasteiger partial charge on any atom is 0.0960 e. The second-order valence-electron chi connectivity index (χ2n) is 5.45. The Morgan fingerprint density at radius 1 is 1.29 bits per heavy atom. The van der Waals surface area contributed by atoms with E-state index in [1.165, 1.54) is 31.2 Å². The van der Waals surface area contributed by atoms with Gasteiger partial charge < -0.3 is 5.11 Å². The number of hydrogen-bond donors (Lipinski definition) is 1. The Hall–Kier alpha value is -0.890. The number of pyridine rings is 1. The summed E-state index contributed by atoms with van der Waals surface area (Å²) in [7, 11) is 0. The lowest BCUT2D eigenvalue weighted by molar-refractivity contribution is 0.152. The molecule has 94 valence electrons. The molecule has 0 radical (unpaired) electrons. The molecule has 17 heavy (non-hydrogen) atoms. The van der Waals surface area contributed by atoms with Crippen molar-refractivity contribution in [2.45, 2.75) is 58.5 Å². The highest BCUT2D eigenvalue weighted by Crippen LogP contribution is 2.31. The molecule has 0 saturated heterocycles.